The molecule has 9 nitrogen and oxygen atoms in total. The summed E-state index contributed by atoms with van der Waals surface area (Å²) in [5, 5.41) is 15.7. The molecule has 0 aromatic heterocycles. The maximum atomic E-state index is 12.2. The molecule has 0 aliphatic carbocycles. The molecule has 146 valence electrons. The van der Waals surface area contributed by atoms with E-state index in [1.54, 1.807) is 30.3 Å². The van der Waals surface area contributed by atoms with Crippen LogP contribution in [0.1, 0.15) is 17.3 Å². The normalized spacial score (nSPS) is 11.2. The van der Waals surface area contributed by atoms with Gasteiger partial charge in [0.05, 0.1) is 4.92 Å². The Bertz CT molecular complexity index is 903. The van der Waals surface area contributed by atoms with Gasteiger partial charge in [-0.2, -0.15) is 0 Å². The number of ether oxygens (including phenoxy) is 1. The standard InChI is InChI=1S/C18H16ClN3O6/c1-11(18(25)28-10-16(23)21-13-5-3-2-4-6-13)20-17(24)12-7-8-14(19)15(9-12)22(26)27/h2-9,11H,10H2,1H3,(H,20,24)(H,21,23)/t11-/m0/s1. The molecule has 10 heteroatoms. The Labute approximate surface area is 164 Å². The van der Waals surface area contributed by atoms with Gasteiger partial charge in [-0.3, -0.25) is 19.7 Å². The summed E-state index contributed by atoms with van der Waals surface area (Å²) >= 11 is 5.70. The summed E-state index contributed by atoms with van der Waals surface area (Å²) in [6, 6.07) is 11.0. The van der Waals surface area contributed by atoms with Gasteiger partial charge in [-0.05, 0) is 31.2 Å². The minimum absolute atomic E-state index is 0.0439. The van der Waals surface area contributed by atoms with E-state index in [2.05, 4.69) is 10.6 Å². The van der Waals surface area contributed by atoms with Gasteiger partial charge in [0, 0.05) is 17.3 Å². The van der Waals surface area contributed by atoms with Gasteiger partial charge in [0.2, 0.25) is 0 Å². The molecule has 28 heavy (non-hydrogen) atoms. The number of esters is 1. The van der Waals surface area contributed by atoms with Crippen molar-refractivity contribution in [3.8, 4) is 0 Å². The van der Waals surface area contributed by atoms with Gasteiger partial charge in [0.25, 0.3) is 17.5 Å². The average molecular weight is 406 g/mol. The maximum Gasteiger partial charge on any atom is 0.328 e. The second kappa shape index (κ2) is 9.47. The molecule has 0 unspecified atom stereocenters. The predicted molar refractivity (Wildman–Crippen MR) is 101 cm³/mol. The van der Waals surface area contributed by atoms with Crippen molar-refractivity contribution in [1.29, 1.82) is 0 Å². The van der Waals surface area contributed by atoms with E-state index >= 15 is 0 Å². The Balaban J connectivity index is 1.88. The van der Waals surface area contributed by atoms with Crippen LogP contribution in [-0.4, -0.2) is 35.4 Å². The third-order valence-corrected chi connectivity index (χ3v) is 3.83. The number of amides is 2. The minimum atomic E-state index is -1.08. The number of halogens is 1. The van der Waals surface area contributed by atoms with Crippen LogP contribution in [0, 0.1) is 10.1 Å². The molecular formula is C18H16ClN3O6. The lowest BCUT2D eigenvalue weighted by atomic mass is 10.1. The van der Waals surface area contributed by atoms with E-state index in [1.165, 1.54) is 19.1 Å². The van der Waals surface area contributed by atoms with Crippen LogP contribution < -0.4 is 10.6 Å². The average Bonchev–Trinajstić information content (AvgIpc) is 2.66. The zero-order chi connectivity index (χ0) is 20.7. The van der Waals surface area contributed by atoms with Gasteiger partial charge in [0.1, 0.15) is 11.1 Å². The SMILES string of the molecule is C[C@H](NC(=O)c1ccc(Cl)c([N+](=O)[O-])c1)C(=O)OCC(=O)Nc1ccccc1. The number of anilines is 1. The van der Waals surface area contributed by atoms with E-state index in [0.29, 0.717) is 5.69 Å². The second-order valence-corrected chi connectivity index (χ2v) is 6.05. The lowest BCUT2D eigenvalue weighted by Crippen LogP contribution is -2.40. The molecule has 0 saturated carbocycles. The fourth-order valence-corrected chi connectivity index (χ4v) is 2.30. The molecule has 0 aliphatic rings. The largest absolute Gasteiger partial charge is 0.454 e. The zero-order valence-electron chi connectivity index (χ0n) is 14.7. The number of hydrogen-bond donors (Lipinski definition) is 2. The zero-order valence-corrected chi connectivity index (χ0v) is 15.4. The van der Waals surface area contributed by atoms with Gasteiger partial charge in [-0.1, -0.05) is 29.8 Å². The summed E-state index contributed by atoms with van der Waals surface area (Å²) in [4.78, 5) is 46.0. The molecule has 0 bridgehead atoms. The molecule has 2 aromatic rings. The molecule has 0 fully saturated rings. The van der Waals surface area contributed by atoms with E-state index in [9.17, 15) is 24.5 Å². The fraction of sp³-hybridized carbons (Fsp3) is 0.167. The van der Waals surface area contributed by atoms with Crippen molar-refractivity contribution >= 4 is 40.8 Å². The molecular weight excluding hydrogens is 390 g/mol. The minimum Gasteiger partial charge on any atom is -0.454 e. The van der Waals surface area contributed by atoms with Gasteiger partial charge in [-0.25, -0.2) is 4.79 Å². The van der Waals surface area contributed by atoms with Gasteiger partial charge >= 0.3 is 5.97 Å². The Morgan fingerprint density at radius 1 is 1.18 bits per heavy atom. The van der Waals surface area contributed by atoms with Crippen LogP contribution >= 0.6 is 11.6 Å². The molecule has 0 saturated heterocycles. The van der Waals surface area contributed by atoms with E-state index < -0.39 is 41.0 Å². The first-order valence-electron chi connectivity index (χ1n) is 8.04. The van der Waals surface area contributed by atoms with Crippen LogP contribution in [0.2, 0.25) is 5.02 Å². The topological polar surface area (TPSA) is 128 Å². The number of carbonyl (C=O) groups excluding carboxylic acids is 3. The molecule has 1 atom stereocenters. The van der Waals surface area contributed by atoms with Gasteiger partial charge < -0.3 is 15.4 Å². The summed E-state index contributed by atoms with van der Waals surface area (Å²) in [6.45, 7) is 0.833. The number of benzene rings is 2. The third kappa shape index (κ3) is 5.78. The van der Waals surface area contributed by atoms with Crippen molar-refractivity contribution in [3.63, 3.8) is 0 Å². The second-order valence-electron chi connectivity index (χ2n) is 5.64. The first-order chi connectivity index (χ1) is 13.3. The summed E-state index contributed by atoms with van der Waals surface area (Å²) in [5.74, 6) is -2.09. The van der Waals surface area contributed by atoms with E-state index in [1.807, 2.05) is 0 Å². The summed E-state index contributed by atoms with van der Waals surface area (Å²) in [6.07, 6.45) is 0. The quantitative estimate of drug-likeness (QED) is 0.414. The van der Waals surface area contributed by atoms with Crippen LogP contribution in [-0.2, 0) is 14.3 Å². The fourth-order valence-electron chi connectivity index (χ4n) is 2.11. The van der Waals surface area contributed by atoms with Crippen LogP contribution in [0.4, 0.5) is 11.4 Å². The number of nitro groups is 1. The predicted octanol–water partition coefficient (Wildman–Crippen LogP) is 2.55. The first kappa shape index (κ1) is 20.8. The summed E-state index contributed by atoms with van der Waals surface area (Å²) in [7, 11) is 0. The molecule has 2 N–H and O–H groups in total. The van der Waals surface area contributed by atoms with Crippen molar-refractivity contribution in [2.75, 3.05) is 11.9 Å². The van der Waals surface area contributed by atoms with Crippen LogP contribution in [0.3, 0.4) is 0 Å². The molecule has 2 rings (SSSR count). The number of para-hydroxylation sites is 1. The molecule has 0 radical (unpaired) electrons. The van der Waals surface area contributed by atoms with E-state index in [4.69, 9.17) is 16.3 Å². The van der Waals surface area contributed by atoms with E-state index in [-0.39, 0.29) is 10.6 Å². The number of hydrogen-bond acceptors (Lipinski definition) is 6. The van der Waals surface area contributed by atoms with Crippen LogP contribution in [0.15, 0.2) is 48.5 Å². The Morgan fingerprint density at radius 2 is 1.86 bits per heavy atom. The monoisotopic (exact) mass is 405 g/mol. The van der Waals surface area contributed by atoms with Crippen molar-refractivity contribution in [2.24, 2.45) is 0 Å². The molecule has 0 spiro atoms. The van der Waals surface area contributed by atoms with Crippen molar-refractivity contribution in [3.05, 3.63) is 69.2 Å². The van der Waals surface area contributed by atoms with Gasteiger partial charge in [0.15, 0.2) is 6.61 Å². The number of nitrogens with zero attached hydrogens (tertiary/aromatic N) is 1. The van der Waals surface area contributed by atoms with Crippen molar-refractivity contribution in [1.82, 2.24) is 5.32 Å². The summed E-state index contributed by atoms with van der Waals surface area (Å²) < 4.78 is 4.86. The lowest BCUT2D eigenvalue weighted by Gasteiger charge is -2.13. The van der Waals surface area contributed by atoms with Gasteiger partial charge in [-0.15, -0.1) is 0 Å². The lowest BCUT2D eigenvalue weighted by molar-refractivity contribution is -0.384. The van der Waals surface area contributed by atoms with Crippen molar-refractivity contribution in [2.45, 2.75) is 13.0 Å². The highest BCUT2D eigenvalue weighted by Gasteiger charge is 2.21. The third-order valence-electron chi connectivity index (χ3n) is 3.51. The first-order valence-corrected chi connectivity index (χ1v) is 8.42. The highest BCUT2D eigenvalue weighted by Crippen LogP contribution is 2.25. The maximum absolute atomic E-state index is 12.2. The van der Waals surface area contributed by atoms with Crippen LogP contribution in [0.25, 0.3) is 0 Å². The van der Waals surface area contributed by atoms with Crippen molar-refractivity contribution < 1.29 is 24.0 Å². The highest BCUT2D eigenvalue weighted by atomic mass is 35.5. The molecule has 0 aliphatic heterocycles. The highest BCUT2D eigenvalue weighted by molar-refractivity contribution is 6.32. The number of nitrogens with one attached hydrogen (secondary N) is 2. The smallest absolute Gasteiger partial charge is 0.328 e. The Kier molecular flexibility index (Phi) is 7.05. The van der Waals surface area contributed by atoms with E-state index in [0.717, 1.165) is 6.07 Å². The summed E-state index contributed by atoms with van der Waals surface area (Å²) in [5.41, 5.74) is 0.0777. The number of nitro benzene ring substituents is 1. The number of carbonyl (C=O) groups is 3. The molecule has 2 amide bonds. The molecule has 0 heterocycles. The van der Waals surface area contributed by atoms with Crippen LogP contribution in [0.5, 0.6) is 0 Å². The molecule has 2 aromatic carbocycles. The Morgan fingerprint density at radius 3 is 2.50 bits per heavy atom. The Hall–Kier alpha value is -3.46. The number of rotatable bonds is 7.